The minimum Gasteiger partial charge on any atom is -0.312 e. The maximum Gasteiger partial charge on any atom is 0.226 e. The number of anilines is 2. The largest absolute Gasteiger partial charge is 0.312 e. The molecule has 1 heterocycles. The Bertz CT molecular complexity index is 1640. The second kappa shape index (κ2) is 24.1. The van der Waals surface area contributed by atoms with Crippen LogP contribution in [0.4, 0.5) is 11.4 Å². The van der Waals surface area contributed by atoms with Gasteiger partial charge >= 0.3 is 0 Å². The zero-order valence-electron chi connectivity index (χ0n) is 33.9. The molecule has 0 radical (unpaired) electrons. The van der Waals surface area contributed by atoms with Gasteiger partial charge in [-0.05, 0) is 85.4 Å². The van der Waals surface area contributed by atoms with Gasteiger partial charge in [-0.25, -0.2) is 0 Å². The van der Waals surface area contributed by atoms with Gasteiger partial charge in [0.15, 0.2) is 0 Å². The molecule has 0 spiro atoms. The van der Waals surface area contributed by atoms with Gasteiger partial charge in [-0.3, -0.25) is 9.59 Å². The molecule has 4 aromatic rings. The van der Waals surface area contributed by atoms with E-state index in [1.54, 1.807) is 0 Å². The number of likely N-dealkylation sites (tertiary alicyclic amines) is 1. The second-order valence-corrected chi connectivity index (χ2v) is 15.3. The van der Waals surface area contributed by atoms with Gasteiger partial charge in [0.05, 0.1) is 0 Å². The lowest BCUT2D eigenvalue weighted by Crippen LogP contribution is -2.43. The molecule has 2 aliphatic rings. The summed E-state index contributed by atoms with van der Waals surface area (Å²) in [7, 11) is 0. The molecule has 1 aliphatic carbocycles. The highest BCUT2D eigenvalue weighted by Crippen LogP contribution is 2.27. The Morgan fingerprint density at radius 1 is 0.618 bits per heavy atom. The highest BCUT2D eigenvalue weighted by molar-refractivity contribution is 5.93. The summed E-state index contributed by atoms with van der Waals surface area (Å²) in [5.41, 5.74) is 4.57. The fraction of sp³-hybridized carbons (Fsp3) is 0.449. The number of rotatable bonds is 13. The minimum absolute atomic E-state index is 0.0289. The standard InChI is InChI=1S/C24H32N2O.C16H23NO.C9H10O/c1-3-24(27)26(23-14-8-5-9-15-23)19-21-11-10-16-25(18-21)17-20(2)22-12-6-4-7-13-22;1-2-16(18)17(15-11-7-4-8-12-15)13-14-9-5-3-6-10-14;1-8(7-10)9-5-3-2-4-6-9/h4-9,12-15,20-21H,3,10-11,16-19H2,1-2H3;4,7-8,11-12,14H,2-3,5-6,9-10,13H2,1H3;2-8H,1H3/t20?,21-;;/m1../s1. The average Bonchev–Trinajstić information content (AvgIpc) is 3.26. The van der Waals surface area contributed by atoms with Crippen LogP contribution in [0.5, 0.6) is 0 Å². The van der Waals surface area contributed by atoms with Crippen molar-refractivity contribution in [1.29, 1.82) is 0 Å². The Balaban J connectivity index is 0.000000205. The molecule has 2 amide bonds. The number of aldehydes is 1. The Morgan fingerprint density at radius 3 is 1.53 bits per heavy atom. The average molecular weight is 744 g/mol. The molecule has 4 aromatic carbocycles. The van der Waals surface area contributed by atoms with Crippen molar-refractivity contribution in [3.8, 4) is 0 Å². The normalized spacial score (nSPS) is 16.9. The van der Waals surface area contributed by atoms with Gasteiger partial charge in [0.25, 0.3) is 0 Å². The van der Waals surface area contributed by atoms with Crippen LogP contribution < -0.4 is 9.80 Å². The first kappa shape index (κ1) is 43.2. The monoisotopic (exact) mass is 744 g/mol. The third kappa shape index (κ3) is 14.6. The highest BCUT2D eigenvalue weighted by Gasteiger charge is 2.26. The topological polar surface area (TPSA) is 60.9 Å². The number of nitrogens with zero attached hydrogens (tertiary/aromatic N) is 3. The number of para-hydroxylation sites is 2. The van der Waals surface area contributed by atoms with Crippen molar-refractivity contribution in [2.45, 2.75) is 97.3 Å². The van der Waals surface area contributed by atoms with E-state index in [2.05, 4.69) is 42.2 Å². The second-order valence-electron chi connectivity index (χ2n) is 15.3. The quantitative estimate of drug-likeness (QED) is 0.128. The molecule has 294 valence electrons. The maximum atomic E-state index is 12.5. The van der Waals surface area contributed by atoms with E-state index in [1.807, 2.05) is 122 Å². The lowest BCUT2D eigenvalue weighted by molar-refractivity contribution is -0.119. The number of piperidine rings is 1. The van der Waals surface area contributed by atoms with Crippen LogP contribution in [0, 0.1) is 11.8 Å². The van der Waals surface area contributed by atoms with Crippen molar-refractivity contribution in [1.82, 2.24) is 4.90 Å². The van der Waals surface area contributed by atoms with Crippen LogP contribution >= 0.6 is 0 Å². The van der Waals surface area contributed by atoms with Crippen molar-refractivity contribution in [2.75, 3.05) is 42.5 Å². The minimum atomic E-state index is 0.0289. The van der Waals surface area contributed by atoms with E-state index in [-0.39, 0.29) is 17.7 Å². The Labute approximate surface area is 331 Å². The molecule has 0 bridgehead atoms. The fourth-order valence-electron chi connectivity index (χ4n) is 7.76. The summed E-state index contributed by atoms with van der Waals surface area (Å²) in [6, 6.07) is 40.7. The van der Waals surface area contributed by atoms with E-state index in [0.29, 0.717) is 30.6 Å². The summed E-state index contributed by atoms with van der Waals surface area (Å²) >= 11 is 0. The smallest absolute Gasteiger partial charge is 0.226 e. The van der Waals surface area contributed by atoms with E-state index < -0.39 is 0 Å². The summed E-state index contributed by atoms with van der Waals surface area (Å²) < 4.78 is 0. The van der Waals surface area contributed by atoms with Gasteiger partial charge in [-0.1, -0.05) is 144 Å². The van der Waals surface area contributed by atoms with Crippen LogP contribution in [0.3, 0.4) is 0 Å². The number of hydrogen-bond acceptors (Lipinski definition) is 4. The van der Waals surface area contributed by atoms with E-state index in [0.717, 1.165) is 49.4 Å². The van der Waals surface area contributed by atoms with E-state index in [9.17, 15) is 14.4 Å². The van der Waals surface area contributed by atoms with Gasteiger partial charge in [-0.2, -0.15) is 0 Å². The molecule has 1 aliphatic heterocycles. The van der Waals surface area contributed by atoms with E-state index in [1.165, 1.54) is 57.1 Å². The van der Waals surface area contributed by atoms with Crippen LogP contribution in [0.1, 0.15) is 108 Å². The van der Waals surface area contributed by atoms with Gasteiger partial charge in [-0.15, -0.1) is 0 Å². The van der Waals surface area contributed by atoms with Crippen LogP contribution in [0.2, 0.25) is 0 Å². The molecule has 3 atom stereocenters. The molecule has 1 saturated heterocycles. The Kier molecular flexibility index (Phi) is 18.9. The Hall–Kier alpha value is -4.55. The zero-order chi connectivity index (χ0) is 39.3. The molecule has 0 N–H and O–H groups in total. The first-order chi connectivity index (χ1) is 26.8. The number of carbonyl (C=O) groups is 3. The first-order valence-electron chi connectivity index (χ1n) is 20.8. The molecule has 55 heavy (non-hydrogen) atoms. The van der Waals surface area contributed by atoms with Crippen molar-refractivity contribution in [3.05, 3.63) is 132 Å². The molecule has 1 saturated carbocycles. The van der Waals surface area contributed by atoms with Crippen LogP contribution in [-0.4, -0.2) is 55.7 Å². The van der Waals surface area contributed by atoms with Gasteiger partial charge < -0.3 is 19.5 Å². The molecule has 6 nitrogen and oxygen atoms in total. The zero-order valence-corrected chi connectivity index (χ0v) is 33.9. The molecular formula is C49H65N3O3. The van der Waals surface area contributed by atoms with Crippen LogP contribution in [-0.2, 0) is 14.4 Å². The SMILES string of the molecule is CC(C=O)c1ccccc1.CCC(=O)N(CC1CCCCC1)c1ccccc1.CCC(=O)N(C[C@@H]1CCCN(CC(C)c2ccccc2)C1)c1ccccc1. The van der Waals surface area contributed by atoms with Crippen molar-refractivity contribution in [3.63, 3.8) is 0 Å². The number of hydrogen-bond donors (Lipinski definition) is 0. The third-order valence-corrected chi connectivity index (χ3v) is 11.0. The predicted molar refractivity (Wildman–Crippen MR) is 230 cm³/mol. The van der Waals surface area contributed by atoms with Crippen LogP contribution in [0.25, 0.3) is 0 Å². The molecule has 6 heteroatoms. The van der Waals surface area contributed by atoms with Gasteiger partial charge in [0, 0.05) is 56.3 Å². The van der Waals surface area contributed by atoms with Crippen molar-refractivity contribution in [2.24, 2.45) is 11.8 Å². The van der Waals surface area contributed by atoms with Crippen molar-refractivity contribution >= 4 is 29.5 Å². The lowest BCUT2D eigenvalue weighted by atomic mass is 9.89. The molecular weight excluding hydrogens is 679 g/mol. The summed E-state index contributed by atoms with van der Waals surface area (Å²) in [5.74, 6) is 2.25. The number of benzene rings is 4. The molecule has 2 fully saturated rings. The van der Waals surface area contributed by atoms with Gasteiger partial charge in [0.2, 0.25) is 11.8 Å². The fourth-order valence-corrected chi connectivity index (χ4v) is 7.76. The first-order valence-corrected chi connectivity index (χ1v) is 20.8. The summed E-state index contributed by atoms with van der Waals surface area (Å²) in [5, 5.41) is 0. The Morgan fingerprint density at radius 2 is 1.05 bits per heavy atom. The number of amides is 2. The lowest BCUT2D eigenvalue weighted by Gasteiger charge is -2.37. The van der Waals surface area contributed by atoms with Crippen molar-refractivity contribution < 1.29 is 14.4 Å². The number of carbonyl (C=O) groups excluding carboxylic acids is 3. The predicted octanol–water partition coefficient (Wildman–Crippen LogP) is 10.9. The van der Waals surface area contributed by atoms with E-state index >= 15 is 0 Å². The highest BCUT2D eigenvalue weighted by atomic mass is 16.2. The van der Waals surface area contributed by atoms with Gasteiger partial charge in [0.1, 0.15) is 6.29 Å². The summed E-state index contributed by atoms with van der Waals surface area (Å²) in [4.78, 5) is 41.5. The molecule has 2 unspecified atom stereocenters. The maximum absolute atomic E-state index is 12.5. The summed E-state index contributed by atoms with van der Waals surface area (Å²) in [6.45, 7) is 13.2. The molecule has 0 aromatic heterocycles. The van der Waals surface area contributed by atoms with E-state index in [4.69, 9.17) is 0 Å². The molecule has 6 rings (SSSR count). The third-order valence-electron chi connectivity index (χ3n) is 11.0. The summed E-state index contributed by atoms with van der Waals surface area (Å²) in [6.07, 6.45) is 11.1. The van der Waals surface area contributed by atoms with Crippen LogP contribution in [0.15, 0.2) is 121 Å².